The summed E-state index contributed by atoms with van der Waals surface area (Å²) >= 11 is 0. The van der Waals surface area contributed by atoms with Gasteiger partial charge in [0.15, 0.2) is 11.5 Å². The number of hydrogen-bond acceptors (Lipinski definition) is 6. The lowest BCUT2D eigenvalue weighted by Crippen LogP contribution is -2.48. The van der Waals surface area contributed by atoms with Crippen LogP contribution in [-0.2, 0) is 17.5 Å². The highest BCUT2D eigenvalue weighted by molar-refractivity contribution is 5.93. The molecule has 1 fully saturated rings. The molecule has 0 aromatic heterocycles. The van der Waals surface area contributed by atoms with Gasteiger partial charge >= 0.3 is 6.18 Å². The van der Waals surface area contributed by atoms with E-state index in [1.165, 1.54) is 33.5 Å². The van der Waals surface area contributed by atoms with Gasteiger partial charge in [-0.05, 0) is 11.6 Å². The SMILES string of the molecule is COc1cc(NC(=O)CN2CCN(Cc3cccc(C(F)(F)F)c3)CC2)cc(OC)c1OC. The average Bonchev–Trinajstić information content (AvgIpc) is 2.79. The second kappa shape index (κ2) is 10.8. The van der Waals surface area contributed by atoms with Crippen LogP contribution in [0.3, 0.4) is 0 Å². The minimum atomic E-state index is -4.35. The number of halogens is 3. The molecule has 10 heteroatoms. The Morgan fingerprint density at radius 3 is 2.09 bits per heavy atom. The van der Waals surface area contributed by atoms with Crippen LogP contribution < -0.4 is 19.5 Å². The Kier molecular flexibility index (Phi) is 8.04. The number of nitrogens with zero attached hydrogens (tertiary/aromatic N) is 2. The fraction of sp³-hybridized carbons (Fsp3) is 0.435. The number of hydrogen-bond donors (Lipinski definition) is 1. The molecule has 1 heterocycles. The molecule has 1 aliphatic heterocycles. The van der Waals surface area contributed by atoms with Gasteiger partial charge < -0.3 is 19.5 Å². The highest BCUT2D eigenvalue weighted by atomic mass is 19.4. The van der Waals surface area contributed by atoms with Gasteiger partial charge in [-0.3, -0.25) is 14.6 Å². The molecule has 180 valence electrons. The van der Waals surface area contributed by atoms with E-state index in [9.17, 15) is 18.0 Å². The molecule has 1 N–H and O–H groups in total. The van der Waals surface area contributed by atoms with Crippen LogP contribution >= 0.6 is 0 Å². The Morgan fingerprint density at radius 2 is 1.55 bits per heavy atom. The largest absolute Gasteiger partial charge is 0.493 e. The van der Waals surface area contributed by atoms with Crippen LogP contribution in [0.25, 0.3) is 0 Å². The first-order valence-electron chi connectivity index (χ1n) is 10.4. The van der Waals surface area contributed by atoms with Crippen LogP contribution in [0.2, 0.25) is 0 Å². The first kappa shape index (κ1) is 24.7. The summed E-state index contributed by atoms with van der Waals surface area (Å²) in [6, 6.07) is 8.72. The van der Waals surface area contributed by atoms with Crippen LogP contribution in [0, 0.1) is 0 Å². The highest BCUT2D eigenvalue weighted by Gasteiger charge is 2.30. The predicted octanol–water partition coefficient (Wildman–Crippen LogP) is 3.49. The van der Waals surface area contributed by atoms with Crippen molar-refractivity contribution in [1.82, 2.24) is 9.80 Å². The van der Waals surface area contributed by atoms with Gasteiger partial charge in [-0.2, -0.15) is 13.2 Å². The molecule has 0 atom stereocenters. The summed E-state index contributed by atoms with van der Waals surface area (Å²) < 4.78 is 54.6. The van der Waals surface area contributed by atoms with Gasteiger partial charge in [-0.1, -0.05) is 18.2 Å². The van der Waals surface area contributed by atoms with E-state index >= 15 is 0 Å². The molecular formula is C23H28F3N3O4. The number of ether oxygens (including phenoxy) is 3. The van der Waals surface area contributed by atoms with Crippen molar-refractivity contribution in [1.29, 1.82) is 0 Å². The maximum atomic E-state index is 12.9. The fourth-order valence-electron chi connectivity index (χ4n) is 3.77. The normalized spacial score (nSPS) is 15.2. The maximum Gasteiger partial charge on any atom is 0.416 e. The van der Waals surface area contributed by atoms with E-state index in [2.05, 4.69) is 10.2 Å². The molecule has 3 rings (SSSR count). The molecule has 0 radical (unpaired) electrons. The summed E-state index contributed by atoms with van der Waals surface area (Å²) in [5.41, 5.74) is 0.512. The van der Waals surface area contributed by atoms with Crippen LogP contribution in [0.15, 0.2) is 36.4 Å². The number of piperazine rings is 1. The summed E-state index contributed by atoms with van der Waals surface area (Å²) in [7, 11) is 4.51. The molecule has 1 aliphatic rings. The molecule has 2 aromatic carbocycles. The van der Waals surface area contributed by atoms with Gasteiger partial charge in [-0.15, -0.1) is 0 Å². The monoisotopic (exact) mass is 467 g/mol. The molecule has 1 amide bonds. The van der Waals surface area contributed by atoms with E-state index in [0.717, 1.165) is 6.07 Å². The summed E-state index contributed by atoms with van der Waals surface area (Å²) in [5.74, 6) is 1.14. The number of rotatable bonds is 8. The van der Waals surface area contributed by atoms with Crippen molar-refractivity contribution in [2.24, 2.45) is 0 Å². The Morgan fingerprint density at radius 1 is 0.939 bits per heavy atom. The van der Waals surface area contributed by atoms with Crippen molar-refractivity contribution in [2.75, 3.05) is 59.4 Å². The smallest absolute Gasteiger partial charge is 0.416 e. The zero-order chi connectivity index (χ0) is 24.0. The lowest BCUT2D eigenvalue weighted by atomic mass is 10.1. The lowest BCUT2D eigenvalue weighted by Gasteiger charge is -2.34. The number of amides is 1. The summed E-state index contributed by atoms with van der Waals surface area (Å²) in [6.07, 6.45) is -4.35. The average molecular weight is 467 g/mol. The number of benzene rings is 2. The topological polar surface area (TPSA) is 63.3 Å². The zero-order valence-corrected chi connectivity index (χ0v) is 18.9. The third-order valence-corrected chi connectivity index (χ3v) is 5.44. The molecular weight excluding hydrogens is 439 g/mol. The fourth-order valence-corrected chi connectivity index (χ4v) is 3.77. The van der Waals surface area contributed by atoms with Crippen molar-refractivity contribution >= 4 is 11.6 Å². The van der Waals surface area contributed by atoms with Crippen LogP contribution in [0.4, 0.5) is 18.9 Å². The van der Waals surface area contributed by atoms with Gasteiger partial charge in [-0.25, -0.2) is 0 Å². The lowest BCUT2D eigenvalue weighted by molar-refractivity contribution is -0.137. The second-order valence-corrected chi connectivity index (χ2v) is 7.71. The minimum Gasteiger partial charge on any atom is -0.493 e. The maximum absolute atomic E-state index is 12.9. The molecule has 0 saturated carbocycles. The minimum absolute atomic E-state index is 0.185. The molecule has 1 saturated heterocycles. The number of carbonyl (C=O) groups is 1. The summed E-state index contributed by atoms with van der Waals surface area (Å²) in [4.78, 5) is 16.6. The van der Waals surface area contributed by atoms with E-state index in [1.807, 2.05) is 4.90 Å². The van der Waals surface area contributed by atoms with Crippen molar-refractivity contribution in [2.45, 2.75) is 12.7 Å². The van der Waals surface area contributed by atoms with E-state index in [4.69, 9.17) is 14.2 Å². The van der Waals surface area contributed by atoms with E-state index in [1.54, 1.807) is 18.2 Å². The Hall–Kier alpha value is -2.98. The van der Waals surface area contributed by atoms with Crippen molar-refractivity contribution in [3.63, 3.8) is 0 Å². The molecule has 0 bridgehead atoms. The van der Waals surface area contributed by atoms with Gasteiger partial charge in [0.05, 0.1) is 33.4 Å². The Balaban J connectivity index is 1.52. The summed E-state index contributed by atoms with van der Waals surface area (Å²) in [6.45, 7) is 3.24. The number of alkyl halides is 3. The van der Waals surface area contributed by atoms with E-state index in [0.29, 0.717) is 61.2 Å². The van der Waals surface area contributed by atoms with Crippen LogP contribution in [0.5, 0.6) is 17.2 Å². The number of anilines is 1. The summed E-state index contributed by atoms with van der Waals surface area (Å²) in [5, 5.41) is 2.85. The number of nitrogens with one attached hydrogen (secondary N) is 1. The standard InChI is InChI=1S/C23H28F3N3O4/c1-31-19-12-18(13-20(32-2)22(19)33-3)27-21(30)15-29-9-7-28(8-10-29)14-16-5-4-6-17(11-16)23(24,25)26/h4-6,11-13H,7-10,14-15H2,1-3H3,(H,27,30). The Labute approximate surface area is 191 Å². The third kappa shape index (κ3) is 6.52. The second-order valence-electron chi connectivity index (χ2n) is 7.71. The predicted molar refractivity (Wildman–Crippen MR) is 118 cm³/mol. The molecule has 2 aromatic rings. The highest BCUT2D eigenvalue weighted by Crippen LogP contribution is 2.39. The van der Waals surface area contributed by atoms with E-state index in [-0.39, 0.29) is 12.5 Å². The zero-order valence-electron chi connectivity index (χ0n) is 18.9. The first-order chi connectivity index (χ1) is 15.7. The molecule has 0 spiro atoms. The van der Waals surface area contributed by atoms with Crippen LogP contribution in [0.1, 0.15) is 11.1 Å². The quantitative estimate of drug-likeness (QED) is 0.642. The van der Waals surface area contributed by atoms with Gasteiger partial charge in [0.1, 0.15) is 0 Å². The van der Waals surface area contributed by atoms with Gasteiger partial charge in [0.25, 0.3) is 0 Å². The Bertz CT molecular complexity index is 935. The first-order valence-corrected chi connectivity index (χ1v) is 10.4. The molecule has 7 nitrogen and oxygen atoms in total. The van der Waals surface area contributed by atoms with Crippen molar-refractivity contribution < 1.29 is 32.2 Å². The van der Waals surface area contributed by atoms with Crippen molar-refractivity contribution in [3.05, 3.63) is 47.5 Å². The van der Waals surface area contributed by atoms with Crippen LogP contribution in [-0.4, -0.2) is 69.8 Å². The van der Waals surface area contributed by atoms with Gasteiger partial charge in [0, 0.05) is 50.5 Å². The van der Waals surface area contributed by atoms with E-state index < -0.39 is 11.7 Å². The third-order valence-electron chi connectivity index (χ3n) is 5.44. The molecule has 0 aliphatic carbocycles. The molecule has 0 unspecified atom stereocenters. The number of methoxy groups -OCH3 is 3. The molecule has 33 heavy (non-hydrogen) atoms. The number of carbonyl (C=O) groups excluding carboxylic acids is 1. The van der Waals surface area contributed by atoms with Crippen molar-refractivity contribution in [3.8, 4) is 17.2 Å². The van der Waals surface area contributed by atoms with Gasteiger partial charge in [0.2, 0.25) is 11.7 Å².